The van der Waals surface area contributed by atoms with Crippen molar-refractivity contribution in [3.63, 3.8) is 0 Å². The lowest BCUT2D eigenvalue weighted by molar-refractivity contribution is -0.119. The van der Waals surface area contributed by atoms with Crippen molar-refractivity contribution in [3.05, 3.63) is 35.5 Å². The van der Waals surface area contributed by atoms with Crippen LogP contribution in [0.25, 0.3) is 0 Å². The number of benzene rings is 1. The van der Waals surface area contributed by atoms with E-state index in [9.17, 15) is 9.59 Å². The summed E-state index contributed by atoms with van der Waals surface area (Å²) in [6.07, 6.45) is 0. The van der Waals surface area contributed by atoms with Crippen LogP contribution in [0.4, 0.5) is 0 Å². The fraction of sp³-hybridized carbons (Fsp3) is 0.333. The average Bonchev–Trinajstić information content (AvgIpc) is 2.99. The molecule has 1 aromatic carbocycles. The Morgan fingerprint density at radius 1 is 1.38 bits per heavy atom. The molecule has 2 rings (SSSR count). The van der Waals surface area contributed by atoms with Crippen molar-refractivity contribution in [1.29, 1.82) is 0 Å². The maximum absolute atomic E-state index is 12.3. The number of nitrogens with one attached hydrogen (secondary N) is 1. The number of nitrogens with zero attached hydrogens (tertiary/aromatic N) is 2. The number of nitrogens with two attached hydrogens (primary N) is 1. The third kappa shape index (κ3) is 4.22. The third-order valence-electron chi connectivity index (χ3n) is 3.06. The van der Waals surface area contributed by atoms with Gasteiger partial charge in [0.05, 0.1) is 7.11 Å². The first kappa shape index (κ1) is 17.3. The number of aromatic nitrogens is 2. The van der Waals surface area contributed by atoms with Gasteiger partial charge >= 0.3 is 0 Å². The Hall–Kier alpha value is -3.10. The van der Waals surface area contributed by atoms with Crippen LogP contribution in [0.5, 0.6) is 11.5 Å². The highest BCUT2D eigenvalue weighted by Gasteiger charge is 2.18. The van der Waals surface area contributed by atoms with Crippen LogP contribution >= 0.6 is 0 Å². The molecule has 3 N–H and O–H groups in total. The number of amides is 2. The minimum Gasteiger partial charge on any atom is -0.493 e. The zero-order chi connectivity index (χ0) is 17.7. The van der Waals surface area contributed by atoms with Crippen molar-refractivity contribution >= 4 is 11.8 Å². The smallest absolute Gasteiger partial charge is 0.255 e. The maximum Gasteiger partial charge on any atom is 0.255 e. The van der Waals surface area contributed by atoms with Gasteiger partial charge in [0.1, 0.15) is 6.04 Å². The molecule has 0 aliphatic heterocycles. The van der Waals surface area contributed by atoms with E-state index in [1.54, 1.807) is 19.9 Å². The van der Waals surface area contributed by atoms with Gasteiger partial charge < -0.3 is 25.0 Å². The van der Waals surface area contributed by atoms with Crippen molar-refractivity contribution < 1.29 is 23.6 Å². The zero-order valence-corrected chi connectivity index (χ0v) is 13.5. The van der Waals surface area contributed by atoms with Crippen molar-refractivity contribution in [2.75, 3.05) is 13.7 Å². The second-order valence-corrected chi connectivity index (χ2v) is 5.00. The molecule has 1 heterocycles. The number of carbonyl (C=O) groups excluding carboxylic acids is 2. The van der Waals surface area contributed by atoms with Crippen LogP contribution in [-0.2, 0) is 4.79 Å². The third-order valence-corrected chi connectivity index (χ3v) is 3.06. The van der Waals surface area contributed by atoms with Gasteiger partial charge in [-0.1, -0.05) is 5.16 Å². The number of ether oxygens (including phenoxy) is 2. The highest BCUT2D eigenvalue weighted by Crippen LogP contribution is 2.28. The molecule has 0 spiro atoms. The number of hydrogen-bond donors (Lipinski definition) is 2. The Morgan fingerprint density at radius 3 is 2.71 bits per heavy atom. The summed E-state index contributed by atoms with van der Waals surface area (Å²) in [6, 6.07) is 4.12. The van der Waals surface area contributed by atoms with Crippen LogP contribution in [0.3, 0.4) is 0 Å². The van der Waals surface area contributed by atoms with Crippen LogP contribution in [0.2, 0.25) is 0 Å². The van der Waals surface area contributed by atoms with Gasteiger partial charge in [0.15, 0.2) is 23.9 Å². The van der Waals surface area contributed by atoms with Gasteiger partial charge in [-0.15, -0.1) is 0 Å². The molecule has 2 aromatic rings. The molecule has 0 saturated heterocycles. The second-order valence-electron chi connectivity index (χ2n) is 5.00. The first-order chi connectivity index (χ1) is 11.4. The Morgan fingerprint density at radius 2 is 2.12 bits per heavy atom. The zero-order valence-electron chi connectivity index (χ0n) is 13.5. The molecule has 0 aliphatic carbocycles. The molecule has 0 bridgehead atoms. The summed E-state index contributed by atoms with van der Waals surface area (Å²) < 4.78 is 15.4. The summed E-state index contributed by atoms with van der Waals surface area (Å²) in [5.41, 5.74) is 5.38. The van der Waals surface area contributed by atoms with Crippen LogP contribution in [0.1, 0.15) is 35.0 Å². The summed E-state index contributed by atoms with van der Waals surface area (Å²) >= 11 is 0. The van der Waals surface area contributed by atoms with E-state index < -0.39 is 11.9 Å². The SMILES string of the molecule is COc1cc(C(=O)NC(C)c2nc(C)no2)ccc1OCC(N)=O. The minimum absolute atomic E-state index is 0.282. The Labute approximate surface area is 138 Å². The monoisotopic (exact) mass is 334 g/mol. The Kier molecular flexibility index (Phi) is 5.35. The van der Waals surface area contributed by atoms with Crippen molar-refractivity contribution in [2.24, 2.45) is 5.73 Å². The van der Waals surface area contributed by atoms with Crippen molar-refractivity contribution in [3.8, 4) is 11.5 Å². The highest BCUT2D eigenvalue weighted by molar-refractivity contribution is 5.95. The predicted molar refractivity (Wildman–Crippen MR) is 82.6 cm³/mol. The summed E-state index contributed by atoms with van der Waals surface area (Å²) in [6.45, 7) is 3.14. The van der Waals surface area contributed by atoms with Gasteiger partial charge in [0.2, 0.25) is 5.89 Å². The lowest BCUT2D eigenvalue weighted by Gasteiger charge is -2.13. The van der Waals surface area contributed by atoms with Crippen LogP contribution in [0, 0.1) is 6.92 Å². The minimum atomic E-state index is -0.609. The van der Waals surface area contributed by atoms with E-state index in [1.165, 1.54) is 19.2 Å². The van der Waals surface area contributed by atoms with E-state index in [1.807, 2.05) is 0 Å². The summed E-state index contributed by atoms with van der Waals surface area (Å²) in [4.78, 5) is 27.2. The molecule has 0 fully saturated rings. The molecule has 9 heteroatoms. The summed E-state index contributed by atoms with van der Waals surface area (Å²) in [7, 11) is 1.43. The first-order valence-electron chi connectivity index (χ1n) is 7.11. The molecule has 1 aromatic heterocycles. The molecule has 1 atom stereocenters. The number of aryl methyl sites for hydroxylation is 1. The van der Waals surface area contributed by atoms with E-state index in [0.717, 1.165) is 0 Å². The molecular formula is C15H18N4O5. The van der Waals surface area contributed by atoms with Crippen molar-refractivity contribution in [2.45, 2.75) is 19.9 Å². The molecular weight excluding hydrogens is 316 g/mol. The topological polar surface area (TPSA) is 130 Å². The molecule has 0 saturated carbocycles. The lowest BCUT2D eigenvalue weighted by Crippen LogP contribution is -2.27. The van der Waals surface area contributed by atoms with Crippen LogP contribution < -0.4 is 20.5 Å². The van der Waals surface area contributed by atoms with Gasteiger partial charge in [0, 0.05) is 5.56 Å². The molecule has 9 nitrogen and oxygen atoms in total. The highest BCUT2D eigenvalue weighted by atomic mass is 16.5. The fourth-order valence-electron chi connectivity index (χ4n) is 1.91. The van der Waals surface area contributed by atoms with Gasteiger partial charge in [0.25, 0.3) is 11.8 Å². The van der Waals surface area contributed by atoms with Crippen molar-refractivity contribution in [1.82, 2.24) is 15.5 Å². The molecule has 24 heavy (non-hydrogen) atoms. The number of carbonyl (C=O) groups is 2. The molecule has 1 unspecified atom stereocenters. The quantitative estimate of drug-likeness (QED) is 0.764. The number of methoxy groups -OCH3 is 1. The number of primary amides is 1. The predicted octanol–water partition coefficient (Wildman–Crippen LogP) is 0.742. The largest absolute Gasteiger partial charge is 0.493 e. The van der Waals surface area contributed by atoms with E-state index in [-0.39, 0.29) is 12.5 Å². The lowest BCUT2D eigenvalue weighted by atomic mass is 10.1. The van der Waals surface area contributed by atoms with Gasteiger partial charge in [-0.05, 0) is 32.0 Å². The van der Waals surface area contributed by atoms with Crippen LogP contribution in [0.15, 0.2) is 22.7 Å². The van der Waals surface area contributed by atoms with E-state index >= 15 is 0 Å². The Balaban J connectivity index is 2.10. The summed E-state index contributed by atoms with van der Waals surface area (Å²) in [5.74, 6) is 0.470. The second kappa shape index (κ2) is 7.44. The number of rotatable bonds is 7. The fourth-order valence-corrected chi connectivity index (χ4v) is 1.91. The van der Waals surface area contributed by atoms with Gasteiger partial charge in [-0.3, -0.25) is 9.59 Å². The maximum atomic E-state index is 12.3. The summed E-state index contributed by atoms with van der Waals surface area (Å²) in [5, 5.41) is 6.42. The molecule has 0 aliphatic rings. The van der Waals surface area contributed by atoms with Crippen LogP contribution in [-0.4, -0.2) is 35.7 Å². The molecule has 2 amide bonds. The van der Waals surface area contributed by atoms with E-state index in [2.05, 4.69) is 15.5 Å². The molecule has 128 valence electrons. The average molecular weight is 334 g/mol. The Bertz CT molecular complexity index is 743. The van der Waals surface area contributed by atoms with E-state index in [4.69, 9.17) is 19.7 Å². The standard InChI is InChI=1S/C15H18N4O5/c1-8(15-18-9(2)19-24-15)17-14(21)10-4-5-11(12(6-10)22-3)23-7-13(16)20/h4-6,8H,7H2,1-3H3,(H2,16,20)(H,17,21). The first-order valence-corrected chi connectivity index (χ1v) is 7.11. The normalized spacial score (nSPS) is 11.6. The van der Waals surface area contributed by atoms with Gasteiger partial charge in [-0.2, -0.15) is 4.98 Å². The number of hydrogen-bond acceptors (Lipinski definition) is 7. The van der Waals surface area contributed by atoms with E-state index in [0.29, 0.717) is 28.8 Å². The van der Waals surface area contributed by atoms with Gasteiger partial charge in [-0.25, -0.2) is 0 Å². The molecule has 0 radical (unpaired) electrons.